The highest BCUT2D eigenvalue weighted by Gasteiger charge is 2.38. The van der Waals surface area contributed by atoms with Gasteiger partial charge in [-0.05, 0) is 32.8 Å². The van der Waals surface area contributed by atoms with Crippen molar-refractivity contribution in [2.45, 2.75) is 46.2 Å². The van der Waals surface area contributed by atoms with E-state index in [1.54, 1.807) is 16.5 Å². The summed E-state index contributed by atoms with van der Waals surface area (Å²) in [6.07, 6.45) is 2.27. The van der Waals surface area contributed by atoms with Gasteiger partial charge in [-0.25, -0.2) is 9.48 Å². The van der Waals surface area contributed by atoms with Crippen LogP contribution in [0.1, 0.15) is 45.7 Å². The number of nitrogens with one attached hydrogen (secondary N) is 1. The van der Waals surface area contributed by atoms with Crippen molar-refractivity contribution in [2.75, 3.05) is 18.1 Å². The first kappa shape index (κ1) is 20.6. The lowest BCUT2D eigenvalue weighted by Gasteiger charge is -2.35. The van der Waals surface area contributed by atoms with Crippen LogP contribution in [0.25, 0.3) is 0 Å². The van der Waals surface area contributed by atoms with Crippen LogP contribution in [-0.4, -0.2) is 45.8 Å². The fourth-order valence-electron chi connectivity index (χ4n) is 3.40. The molecule has 3 rings (SSSR count). The van der Waals surface area contributed by atoms with Gasteiger partial charge in [0.25, 0.3) is 0 Å². The molecule has 0 fully saturated rings. The van der Waals surface area contributed by atoms with Gasteiger partial charge in [0.2, 0.25) is 11.9 Å². The Bertz CT molecular complexity index is 906. The molecule has 154 valence electrons. The number of aromatic nitrogens is 3. The SMILES string of the molecule is CCOC(=O)C1=C(C)N(CC(=O)N[C@H](C)CC)c2ncnn2[C@@H]1c1ccccc1. The van der Waals surface area contributed by atoms with Crippen molar-refractivity contribution >= 4 is 17.8 Å². The van der Waals surface area contributed by atoms with Crippen molar-refractivity contribution in [3.63, 3.8) is 0 Å². The second-order valence-corrected chi connectivity index (χ2v) is 7.00. The van der Waals surface area contributed by atoms with Gasteiger partial charge in [0.05, 0.1) is 12.2 Å². The normalized spacial score (nSPS) is 17.0. The number of hydrogen-bond donors (Lipinski definition) is 1. The Balaban J connectivity index is 2.06. The van der Waals surface area contributed by atoms with Crippen molar-refractivity contribution in [2.24, 2.45) is 0 Å². The number of allylic oxidation sites excluding steroid dienone is 1. The molecule has 0 aliphatic carbocycles. The number of carbonyl (C=O) groups is 2. The Labute approximate surface area is 170 Å². The molecule has 1 aromatic heterocycles. The molecule has 1 aliphatic heterocycles. The Morgan fingerprint density at radius 1 is 1.24 bits per heavy atom. The van der Waals surface area contributed by atoms with E-state index in [0.29, 0.717) is 17.2 Å². The molecule has 0 unspecified atom stereocenters. The fraction of sp³-hybridized carbons (Fsp3) is 0.429. The summed E-state index contributed by atoms with van der Waals surface area (Å²) in [5, 5.41) is 7.32. The van der Waals surface area contributed by atoms with Gasteiger partial charge in [-0.3, -0.25) is 4.79 Å². The maximum Gasteiger partial charge on any atom is 0.338 e. The van der Waals surface area contributed by atoms with E-state index in [1.807, 2.05) is 51.1 Å². The molecule has 0 spiro atoms. The molecule has 8 heteroatoms. The molecule has 0 bridgehead atoms. The van der Waals surface area contributed by atoms with Crippen LogP contribution in [0.2, 0.25) is 0 Å². The van der Waals surface area contributed by atoms with E-state index in [9.17, 15) is 9.59 Å². The van der Waals surface area contributed by atoms with E-state index in [4.69, 9.17) is 4.74 Å². The van der Waals surface area contributed by atoms with Gasteiger partial charge in [0.1, 0.15) is 18.9 Å². The average Bonchev–Trinajstić information content (AvgIpc) is 3.19. The van der Waals surface area contributed by atoms with E-state index in [0.717, 1.165) is 12.0 Å². The van der Waals surface area contributed by atoms with Gasteiger partial charge < -0.3 is 15.0 Å². The molecule has 2 atom stereocenters. The van der Waals surface area contributed by atoms with E-state index < -0.39 is 12.0 Å². The van der Waals surface area contributed by atoms with Crippen molar-refractivity contribution in [3.8, 4) is 0 Å². The number of benzene rings is 1. The first-order chi connectivity index (χ1) is 14.0. The monoisotopic (exact) mass is 397 g/mol. The lowest BCUT2D eigenvalue weighted by Crippen LogP contribution is -2.44. The maximum absolute atomic E-state index is 12.9. The van der Waals surface area contributed by atoms with Gasteiger partial charge >= 0.3 is 5.97 Å². The van der Waals surface area contributed by atoms with Crippen LogP contribution in [-0.2, 0) is 14.3 Å². The van der Waals surface area contributed by atoms with Crippen LogP contribution < -0.4 is 10.2 Å². The van der Waals surface area contributed by atoms with E-state index in [1.165, 1.54) is 6.33 Å². The Hall–Kier alpha value is -3.16. The minimum Gasteiger partial charge on any atom is -0.463 e. The summed E-state index contributed by atoms with van der Waals surface area (Å²) in [6.45, 7) is 7.85. The number of nitrogens with zero attached hydrogens (tertiary/aromatic N) is 4. The van der Waals surface area contributed by atoms with Crippen LogP contribution in [0.15, 0.2) is 47.9 Å². The molecule has 0 radical (unpaired) electrons. The molecule has 1 N–H and O–H groups in total. The van der Waals surface area contributed by atoms with Gasteiger partial charge in [-0.2, -0.15) is 10.1 Å². The van der Waals surface area contributed by atoms with Gasteiger partial charge in [-0.15, -0.1) is 0 Å². The van der Waals surface area contributed by atoms with Gasteiger partial charge in [-0.1, -0.05) is 37.3 Å². The summed E-state index contributed by atoms with van der Waals surface area (Å²) in [7, 11) is 0. The second kappa shape index (κ2) is 8.89. The van der Waals surface area contributed by atoms with E-state index in [2.05, 4.69) is 15.4 Å². The Morgan fingerprint density at radius 3 is 2.62 bits per heavy atom. The average molecular weight is 397 g/mol. The summed E-state index contributed by atoms with van der Waals surface area (Å²) in [4.78, 5) is 31.6. The maximum atomic E-state index is 12.9. The molecule has 1 amide bonds. The quantitative estimate of drug-likeness (QED) is 0.722. The van der Waals surface area contributed by atoms with E-state index >= 15 is 0 Å². The van der Waals surface area contributed by atoms with Gasteiger partial charge in [0, 0.05) is 11.7 Å². The van der Waals surface area contributed by atoms with Crippen molar-refractivity contribution in [1.82, 2.24) is 20.1 Å². The van der Waals surface area contributed by atoms with Gasteiger partial charge in [0.15, 0.2) is 0 Å². The number of amides is 1. The number of hydrogen-bond acceptors (Lipinski definition) is 6. The first-order valence-electron chi connectivity index (χ1n) is 9.87. The van der Waals surface area contributed by atoms with Crippen molar-refractivity contribution < 1.29 is 14.3 Å². The molecular weight excluding hydrogens is 370 g/mol. The number of esters is 1. The lowest BCUT2D eigenvalue weighted by atomic mass is 9.95. The summed E-state index contributed by atoms with van der Waals surface area (Å²) in [6, 6.07) is 9.21. The largest absolute Gasteiger partial charge is 0.463 e. The number of carbonyl (C=O) groups excluding carboxylic acids is 2. The molecule has 1 aliphatic rings. The third kappa shape index (κ3) is 4.16. The summed E-state index contributed by atoms with van der Waals surface area (Å²) in [5.74, 6) is -0.0503. The van der Waals surface area contributed by atoms with E-state index in [-0.39, 0.29) is 25.1 Å². The number of fused-ring (bicyclic) bond motifs is 1. The number of rotatable bonds is 7. The Kier molecular flexibility index (Phi) is 6.31. The van der Waals surface area contributed by atoms with Crippen LogP contribution in [0.5, 0.6) is 0 Å². The van der Waals surface area contributed by atoms with Crippen LogP contribution in [0, 0.1) is 0 Å². The molecule has 0 saturated heterocycles. The number of anilines is 1. The van der Waals surface area contributed by atoms with Crippen LogP contribution in [0.3, 0.4) is 0 Å². The fourth-order valence-corrected chi connectivity index (χ4v) is 3.40. The predicted molar refractivity (Wildman–Crippen MR) is 109 cm³/mol. The predicted octanol–water partition coefficient (Wildman–Crippen LogP) is 2.44. The molecule has 29 heavy (non-hydrogen) atoms. The minimum atomic E-state index is -0.471. The third-order valence-corrected chi connectivity index (χ3v) is 5.04. The standard InChI is InChI=1S/C21H27N5O3/c1-5-14(3)24-17(27)12-25-15(4)18(20(28)29-6-2)19(16-10-8-7-9-11-16)26-21(25)22-13-23-26/h7-11,13-14,19H,5-6,12H2,1-4H3,(H,24,27)/t14-,19-/m1/s1. The van der Waals surface area contributed by atoms with Crippen LogP contribution in [0.4, 0.5) is 5.95 Å². The topological polar surface area (TPSA) is 89.3 Å². The Morgan fingerprint density at radius 2 is 1.97 bits per heavy atom. The van der Waals surface area contributed by atoms with Crippen molar-refractivity contribution in [1.29, 1.82) is 0 Å². The lowest BCUT2D eigenvalue weighted by molar-refractivity contribution is -0.139. The highest BCUT2D eigenvalue weighted by atomic mass is 16.5. The highest BCUT2D eigenvalue weighted by Crippen LogP contribution is 2.38. The highest BCUT2D eigenvalue weighted by molar-refractivity contribution is 5.93. The zero-order chi connectivity index (χ0) is 21.0. The molecule has 0 saturated carbocycles. The molecule has 2 aromatic rings. The number of ether oxygens (including phenoxy) is 1. The first-order valence-corrected chi connectivity index (χ1v) is 9.87. The molecule has 1 aromatic carbocycles. The zero-order valence-electron chi connectivity index (χ0n) is 17.3. The van der Waals surface area contributed by atoms with Crippen molar-refractivity contribution in [3.05, 3.63) is 53.5 Å². The molecular formula is C21H27N5O3. The minimum absolute atomic E-state index is 0.0410. The van der Waals surface area contributed by atoms with Crippen LogP contribution >= 0.6 is 0 Å². The molecule has 8 nitrogen and oxygen atoms in total. The molecule has 2 heterocycles. The smallest absolute Gasteiger partial charge is 0.338 e. The summed E-state index contributed by atoms with van der Waals surface area (Å²) < 4.78 is 7.02. The zero-order valence-corrected chi connectivity index (χ0v) is 17.3. The summed E-state index contributed by atoms with van der Waals surface area (Å²) >= 11 is 0. The third-order valence-electron chi connectivity index (χ3n) is 5.04. The second-order valence-electron chi connectivity index (χ2n) is 7.00. The summed E-state index contributed by atoms with van der Waals surface area (Å²) in [5.41, 5.74) is 1.98.